The molecule has 0 saturated heterocycles. The standard InChI is InChI=1S/C30H31F4NO2.CH2O2/c1-6-20-11-18(2)12-21(20)13-19(3)37-17-22-14-27-24(15-25(22)31)29(4,5)16-28(36)35(27)26-10-8-7-9-23(26)30(32,33)34;2-1-3/h6-10,13-15,18H,3,11-12,16-17H2,1-2,4-5H3;1H,(H,2,3)/b20-6-,21-13-;. The van der Waals surface area contributed by atoms with Crippen molar-refractivity contribution in [2.45, 2.75) is 65.2 Å². The van der Waals surface area contributed by atoms with Crippen LogP contribution in [0.5, 0.6) is 0 Å². The molecular formula is C31H33F4NO4. The van der Waals surface area contributed by atoms with Gasteiger partial charge in [0.05, 0.1) is 16.9 Å². The molecule has 0 spiro atoms. The number of para-hydroxylation sites is 1. The molecule has 1 aliphatic heterocycles. The van der Waals surface area contributed by atoms with Gasteiger partial charge in [-0.25, -0.2) is 4.39 Å². The van der Waals surface area contributed by atoms with Crippen molar-refractivity contribution in [3.8, 4) is 0 Å². The van der Waals surface area contributed by atoms with Crippen molar-refractivity contribution in [1.29, 1.82) is 0 Å². The summed E-state index contributed by atoms with van der Waals surface area (Å²) in [6, 6.07) is 7.66. The van der Waals surface area contributed by atoms with E-state index in [1.165, 1.54) is 35.9 Å². The van der Waals surface area contributed by atoms with Crippen molar-refractivity contribution in [2.24, 2.45) is 5.92 Å². The van der Waals surface area contributed by atoms with Crippen molar-refractivity contribution in [3.05, 3.63) is 94.5 Å². The minimum absolute atomic E-state index is 0.0580. The average molecular weight is 560 g/mol. The van der Waals surface area contributed by atoms with E-state index in [2.05, 4.69) is 19.6 Å². The molecular weight excluding hydrogens is 526 g/mol. The third kappa shape index (κ3) is 6.63. The molecule has 1 unspecified atom stereocenters. The number of ether oxygens (including phenoxy) is 1. The van der Waals surface area contributed by atoms with E-state index < -0.39 is 28.9 Å². The number of fused-ring (bicyclic) bond motifs is 1. The number of carbonyl (C=O) groups excluding carboxylic acids is 1. The molecule has 2 aromatic rings. The lowest BCUT2D eigenvalue weighted by molar-refractivity contribution is -0.137. The van der Waals surface area contributed by atoms with Crippen LogP contribution in [0.15, 0.2) is 72.0 Å². The Kier molecular flexibility index (Phi) is 9.28. The summed E-state index contributed by atoms with van der Waals surface area (Å²) < 4.78 is 62.4. The van der Waals surface area contributed by atoms with Gasteiger partial charge in [-0.05, 0) is 72.7 Å². The van der Waals surface area contributed by atoms with Crippen LogP contribution >= 0.6 is 0 Å². The molecule has 5 nitrogen and oxygen atoms in total. The third-order valence-corrected chi connectivity index (χ3v) is 7.07. The summed E-state index contributed by atoms with van der Waals surface area (Å²) >= 11 is 0. The van der Waals surface area contributed by atoms with Crippen molar-refractivity contribution < 1.29 is 37.0 Å². The Labute approximate surface area is 231 Å². The summed E-state index contributed by atoms with van der Waals surface area (Å²) in [5.41, 5.74) is 1.22. The maximum absolute atomic E-state index is 15.2. The lowest BCUT2D eigenvalue weighted by atomic mass is 9.76. The lowest BCUT2D eigenvalue weighted by Crippen LogP contribution is -2.40. The van der Waals surface area contributed by atoms with Gasteiger partial charge in [0.15, 0.2) is 0 Å². The van der Waals surface area contributed by atoms with Gasteiger partial charge in [-0.15, -0.1) is 0 Å². The highest BCUT2D eigenvalue weighted by molar-refractivity contribution is 6.05. The van der Waals surface area contributed by atoms with E-state index in [1.807, 2.05) is 13.0 Å². The molecule has 4 rings (SSSR count). The van der Waals surface area contributed by atoms with Crippen LogP contribution in [0.25, 0.3) is 0 Å². The van der Waals surface area contributed by atoms with E-state index in [-0.39, 0.29) is 36.4 Å². The number of allylic oxidation sites excluding steroid dienone is 4. The number of hydrogen-bond donors (Lipinski definition) is 1. The molecule has 214 valence electrons. The number of alkyl halides is 3. The van der Waals surface area contributed by atoms with Crippen LogP contribution in [0.2, 0.25) is 0 Å². The Morgan fingerprint density at radius 2 is 1.80 bits per heavy atom. The largest absolute Gasteiger partial charge is 0.489 e. The quantitative estimate of drug-likeness (QED) is 0.228. The van der Waals surface area contributed by atoms with Gasteiger partial charge < -0.3 is 9.84 Å². The number of benzene rings is 2. The summed E-state index contributed by atoms with van der Waals surface area (Å²) in [6.45, 7) is 11.2. The molecule has 1 atom stereocenters. The smallest absolute Gasteiger partial charge is 0.418 e. The van der Waals surface area contributed by atoms with Gasteiger partial charge in [0.25, 0.3) is 6.47 Å². The number of carboxylic acid groups (broad SMARTS) is 1. The van der Waals surface area contributed by atoms with Gasteiger partial charge in [0, 0.05) is 17.4 Å². The highest BCUT2D eigenvalue weighted by atomic mass is 19.4. The lowest BCUT2D eigenvalue weighted by Gasteiger charge is -2.39. The van der Waals surface area contributed by atoms with Crippen molar-refractivity contribution in [1.82, 2.24) is 0 Å². The van der Waals surface area contributed by atoms with Crippen molar-refractivity contribution in [2.75, 3.05) is 4.90 Å². The predicted octanol–water partition coefficient (Wildman–Crippen LogP) is 8.22. The molecule has 1 heterocycles. The Hall–Kier alpha value is -3.88. The van der Waals surface area contributed by atoms with Gasteiger partial charge in [0.1, 0.15) is 18.2 Å². The number of amides is 1. The zero-order valence-corrected chi connectivity index (χ0v) is 22.9. The second-order valence-corrected chi connectivity index (χ2v) is 10.6. The minimum Gasteiger partial charge on any atom is -0.489 e. The molecule has 0 radical (unpaired) electrons. The highest BCUT2D eigenvalue weighted by Gasteiger charge is 2.42. The maximum Gasteiger partial charge on any atom is 0.418 e. The molecule has 2 aliphatic rings. The Morgan fingerprint density at radius 3 is 2.42 bits per heavy atom. The van der Waals surface area contributed by atoms with Crippen LogP contribution in [0, 0.1) is 11.7 Å². The zero-order chi connectivity index (χ0) is 29.8. The number of anilines is 2. The van der Waals surface area contributed by atoms with E-state index in [9.17, 15) is 18.0 Å². The van der Waals surface area contributed by atoms with Gasteiger partial charge in [0.2, 0.25) is 5.91 Å². The van der Waals surface area contributed by atoms with Gasteiger partial charge in [-0.2, -0.15) is 13.2 Å². The van der Waals surface area contributed by atoms with E-state index in [0.717, 1.165) is 29.4 Å². The molecule has 1 amide bonds. The molecule has 40 heavy (non-hydrogen) atoms. The summed E-state index contributed by atoms with van der Waals surface area (Å²) in [5.74, 6) is -0.142. The summed E-state index contributed by atoms with van der Waals surface area (Å²) in [7, 11) is 0. The first kappa shape index (κ1) is 30.7. The summed E-state index contributed by atoms with van der Waals surface area (Å²) in [5, 5.41) is 6.89. The molecule has 1 saturated carbocycles. The van der Waals surface area contributed by atoms with Crippen molar-refractivity contribution >= 4 is 23.8 Å². The number of rotatable bonds is 5. The normalized spacial score (nSPS) is 20.1. The number of halogens is 4. The SMILES string of the molecule is C=C(/C=C1/CC(C)C/C1=C/C)OCc1cc2c(cc1F)C(C)(C)CC(=O)N2c1ccccc1C(F)(F)F.O=CO. The Balaban J connectivity index is 0.00000141. The second-order valence-electron chi connectivity index (χ2n) is 10.6. The first-order valence-electron chi connectivity index (χ1n) is 12.8. The fraction of sp³-hybridized carbons (Fsp3) is 0.355. The minimum atomic E-state index is -4.66. The summed E-state index contributed by atoms with van der Waals surface area (Å²) in [4.78, 5) is 22.6. The van der Waals surface area contributed by atoms with Gasteiger partial charge >= 0.3 is 6.18 Å². The maximum atomic E-state index is 15.2. The fourth-order valence-corrected chi connectivity index (χ4v) is 5.25. The molecule has 1 aliphatic carbocycles. The molecule has 1 fully saturated rings. The first-order chi connectivity index (χ1) is 18.7. The van der Waals surface area contributed by atoms with Crippen molar-refractivity contribution in [3.63, 3.8) is 0 Å². The monoisotopic (exact) mass is 559 g/mol. The molecule has 9 heteroatoms. The Bertz CT molecular complexity index is 1360. The van der Waals surface area contributed by atoms with Crippen LogP contribution in [0.3, 0.4) is 0 Å². The van der Waals surface area contributed by atoms with E-state index in [4.69, 9.17) is 14.6 Å². The third-order valence-electron chi connectivity index (χ3n) is 7.07. The topological polar surface area (TPSA) is 66.8 Å². The molecule has 0 aromatic heterocycles. The van der Waals surface area contributed by atoms with Gasteiger partial charge in [-0.3, -0.25) is 14.5 Å². The van der Waals surface area contributed by atoms with Crippen LogP contribution < -0.4 is 4.90 Å². The highest BCUT2D eigenvalue weighted by Crippen LogP contribution is 2.47. The predicted molar refractivity (Wildman–Crippen MR) is 145 cm³/mol. The number of hydrogen-bond acceptors (Lipinski definition) is 3. The van der Waals surface area contributed by atoms with Gasteiger partial charge in [-0.1, -0.05) is 45.6 Å². The second kappa shape index (κ2) is 12.1. The van der Waals surface area contributed by atoms with E-state index >= 15 is 4.39 Å². The van der Waals surface area contributed by atoms with E-state index in [1.54, 1.807) is 13.8 Å². The average Bonchev–Trinajstić information content (AvgIpc) is 3.22. The van der Waals surface area contributed by atoms with Crippen LogP contribution in [0.4, 0.5) is 28.9 Å². The van der Waals surface area contributed by atoms with Crippen LogP contribution in [-0.4, -0.2) is 17.5 Å². The summed E-state index contributed by atoms with van der Waals surface area (Å²) in [6.07, 6.45) is 1.09. The number of nitrogens with zero attached hydrogens (tertiary/aromatic N) is 1. The Morgan fingerprint density at radius 1 is 1.18 bits per heavy atom. The fourth-order valence-electron chi connectivity index (χ4n) is 5.25. The van der Waals surface area contributed by atoms with E-state index in [0.29, 0.717) is 17.2 Å². The molecule has 0 bridgehead atoms. The van der Waals surface area contributed by atoms with Crippen LogP contribution in [0.1, 0.15) is 63.6 Å². The van der Waals surface area contributed by atoms with Crippen LogP contribution in [-0.2, 0) is 32.5 Å². The first-order valence-corrected chi connectivity index (χ1v) is 12.8. The zero-order valence-electron chi connectivity index (χ0n) is 22.9. The number of carbonyl (C=O) groups is 2. The molecule has 2 aromatic carbocycles. The molecule has 1 N–H and O–H groups in total.